The van der Waals surface area contributed by atoms with Crippen molar-refractivity contribution >= 4 is 17.2 Å². The molecular formula is C16H25N3O. The van der Waals surface area contributed by atoms with Crippen molar-refractivity contribution in [1.82, 2.24) is 4.90 Å². The summed E-state index contributed by atoms with van der Waals surface area (Å²) in [6, 6.07) is 6.41. The van der Waals surface area contributed by atoms with Crippen LogP contribution < -0.4 is 10.6 Å². The molecule has 0 radical (unpaired) electrons. The number of nitrogens with two attached hydrogens (primary N) is 1. The van der Waals surface area contributed by atoms with Crippen molar-refractivity contribution < 1.29 is 4.79 Å². The van der Waals surface area contributed by atoms with E-state index in [1.54, 1.807) is 6.92 Å². The fraction of sp³-hybridized carbons (Fsp3) is 0.562. The Morgan fingerprint density at radius 1 is 1.40 bits per heavy atom. The van der Waals surface area contributed by atoms with Crippen LogP contribution in [0.1, 0.15) is 37.6 Å². The van der Waals surface area contributed by atoms with Gasteiger partial charge in [0.2, 0.25) is 0 Å². The first-order valence-electron chi connectivity index (χ1n) is 7.46. The number of carbonyl (C=O) groups is 1. The van der Waals surface area contributed by atoms with E-state index in [9.17, 15) is 4.79 Å². The maximum Gasteiger partial charge on any atom is 0.161 e. The van der Waals surface area contributed by atoms with Gasteiger partial charge in [0.25, 0.3) is 0 Å². The predicted molar refractivity (Wildman–Crippen MR) is 84.4 cm³/mol. The van der Waals surface area contributed by atoms with E-state index in [-0.39, 0.29) is 5.78 Å². The van der Waals surface area contributed by atoms with Crippen LogP contribution in [0.4, 0.5) is 11.4 Å². The van der Waals surface area contributed by atoms with E-state index in [1.165, 1.54) is 6.42 Å². The second-order valence-corrected chi connectivity index (χ2v) is 5.44. The number of rotatable bonds is 5. The van der Waals surface area contributed by atoms with Crippen molar-refractivity contribution in [3.05, 3.63) is 23.8 Å². The van der Waals surface area contributed by atoms with Gasteiger partial charge < -0.3 is 10.6 Å². The summed E-state index contributed by atoms with van der Waals surface area (Å²) in [7, 11) is 0. The molecule has 110 valence electrons. The molecule has 1 aliphatic rings. The number of nitrogens with zero attached hydrogens (tertiary/aromatic N) is 2. The number of Topliss-reactive ketones (excluding diaryl/α,β-unsaturated/α-hetero) is 1. The zero-order chi connectivity index (χ0) is 14.7. The number of likely N-dealkylation sites (N-methyl/N-ethyl adjacent to an activating group) is 1. The lowest BCUT2D eigenvalue weighted by molar-refractivity contribution is 0.101. The molecule has 0 aliphatic carbocycles. The average Bonchev–Trinajstić information content (AvgIpc) is 2.89. The number of hydrogen-bond donors (Lipinski definition) is 1. The fourth-order valence-corrected chi connectivity index (χ4v) is 3.08. The van der Waals surface area contributed by atoms with Crippen LogP contribution in [0.3, 0.4) is 0 Å². The number of ketones is 1. The quantitative estimate of drug-likeness (QED) is 0.662. The molecule has 4 nitrogen and oxygen atoms in total. The highest BCUT2D eigenvalue weighted by Crippen LogP contribution is 2.26. The molecule has 1 aromatic carbocycles. The van der Waals surface area contributed by atoms with E-state index in [2.05, 4.69) is 23.6 Å². The van der Waals surface area contributed by atoms with Gasteiger partial charge in [-0.05, 0) is 44.6 Å². The van der Waals surface area contributed by atoms with Gasteiger partial charge in [0.1, 0.15) is 0 Å². The van der Waals surface area contributed by atoms with Crippen molar-refractivity contribution in [2.75, 3.05) is 36.8 Å². The number of carbonyl (C=O) groups excluding carboxylic acids is 1. The summed E-state index contributed by atoms with van der Waals surface area (Å²) in [6.45, 7) is 10.3. The molecule has 4 heteroatoms. The van der Waals surface area contributed by atoms with Crippen LogP contribution in [-0.4, -0.2) is 42.9 Å². The molecule has 0 bridgehead atoms. The highest BCUT2D eigenvalue weighted by Gasteiger charge is 2.26. The Morgan fingerprint density at radius 2 is 2.10 bits per heavy atom. The molecule has 0 aromatic heterocycles. The smallest absolute Gasteiger partial charge is 0.161 e. The maximum atomic E-state index is 11.4. The molecule has 0 spiro atoms. The molecule has 1 aliphatic heterocycles. The second-order valence-electron chi connectivity index (χ2n) is 5.44. The Hall–Kier alpha value is -1.55. The van der Waals surface area contributed by atoms with Gasteiger partial charge in [-0.2, -0.15) is 0 Å². The van der Waals surface area contributed by atoms with E-state index in [0.29, 0.717) is 17.3 Å². The number of nitrogen functional groups attached to an aromatic ring is 1. The van der Waals surface area contributed by atoms with Crippen molar-refractivity contribution in [2.45, 2.75) is 33.2 Å². The molecule has 1 aromatic rings. The minimum absolute atomic E-state index is 0.0245. The number of benzene rings is 1. The van der Waals surface area contributed by atoms with Crippen molar-refractivity contribution in [3.8, 4) is 0 Å². The third-order valence-corrected chi connectivity index (χ3v) is 4.27. The third-order valence-electron chi connectivity index (χ3n) is 4.27. The highest BCUT2D eigenvalue weighted by molar-refractivity contribution is 5.99. The lowest BCUT2D eigenvalue weighted by atomic mass is 10.1. The normalized spacial score (nSPS) is 18.8. The van der Waals surface area contributed by atoms with Crippen molar-refractivity contribution in [1.29, 1.82) is 0 Å². The summed E-state index contributed by atoms with van der Waals surface area (Å²) >= 11 is 0. The largest absolute Gasteiger partial charge is 0.398 e. The van der Waals surface area contributed by atoms with E-state index in [1.807, 2.05) is 18.2 Å². The first kappa shape index (κ1) is 14.9. The Morgan fingerprint density at radius 3 is 2.65 bits per heavy atom. The standard InChI is InChI=1S/C16H25N3O/c1-4-18(5-2)14-8-9-19(11-14)13-6-7-15(12(3)20)16(17)10-13/h6-7,10,14H,4-5,8-9,11,17H2,1-3H3. The molecule has 20 heavy (non-hydrogen) atoms. The molecule has 1 heterocycles. The molecule has 0 saturated carbocycles. The van der Waals surface area contributed by atoms with Gasteiger partial charge in [-0.1, -0.05) is 13.8 Å². The molecule has 2 rings (SSSR count). The lowest BCUT2D eigenvalue weighted by Crippen LogP contribution is -2.37. The van der Waals surface area contributed by atoms with Gasteiger partial charge in [0, 0.05) is 36.1 Å². The van der Waals surface area contributed by atoms with Crippen LogP contribution in [0.15, 0.2) is 18.2 Å². The second kappa shape index (κ2) is 6.27. The first-order valence-corrected chi connectivity index (χ1v) is 7.46. The van der Waals surface area contributed by atoms with E-state index in [4.69, 9.17) is 5.73 Å². The maximum absolute atomic E-state index is 11.4. The van der Waals surface area contributed by atoms with Crippen LogP contribution in [0.5, 0.6) is 0 Å². The monoisotopic (exact) mass is 275 g/mol. The fourth-order valence-electron chi connectivity index (χ4n) is 3.08. The van der Waals surface area contributed by atoms with Gasteiger partial charge in [-0.15, -0.1) is 0 Å². The van der Waals surface area contributed by atoms with Gasteiger partial charge >= 0.3 is 0 Å². The summed E-state index contributed by atoms with van der Waals surface area (Å²) in [5, 5.41) is 0. The van der Waals surface area contributed by atoms with Crippen LogP contribution >= 0.6 is 0 Å². The Balaban J connectivity index is 2.10. The van der Waals surface area contributed by atoms with Crippen LogP contribution in [-0.2, 0) is 0 Å². The van der Waals surface area contributed by atoms with Crippen LogP contribution in [0.25, 0.3) is 0 Å². The average molecular weight is 275 g/mol. The SMILES string of the molecule is CCN(CC)C1CCN(c2ccc(C(C)=O)c(N)c2)C1. The summed E-state index contributed by atoms with van der Waals surface area (Å²) in [6.07, 6.45) is 1.19. The zero-order valence-corrected chi connectivity index (χ0v) is 12.7. The van der Waals surface area contributed by atoms with Gasteiger partial charge in [-0.25, -0.2) is 0 Å². The molecule has 1 fully saturated rings. The molecular weight excluding hydrogens is 250 g/mol. The summed E-state index contributed by atoms with van der Waals surface area (Å²) in [4.78, 5) is 16.3. The van der Waals surface area contributed by atoms with Gasteiger partial charge in [0.15, 0.2) is 5.78 Å². The molecule has 1 atom stereocenters. The topological polar surface area (TPSA) is 49.6 Å². The third kappa shape index (κ3) is 2.96. The molecule has 1 saturated heterocycles. The van der Waals surface area contributed by atoms with E-state index < -0.39 is 0 Å². The lowest BCUT2D eigenvalue weighted by Gasteiger charge is -2.26. The minimum Gasteiger partial charge on any atom is -0.398 e. The Labute approximate surface area is 121 Å². The zero-order valence-electron chi connectivity index (χ0n) is 12.7. The summed E-state index contributed by atoms with van der Waals surface area (Å²) in [5.41, 5.74) is 8.31. The van der Waals surface area contributed by atoms with Crippen molar-refractivity contribution in [3.63, 3.8) is 0 Å². The van der Waals surface area contributed by atoms with Crippen LogP contribution in [0, 0.1) is 0 Å². The van der Waals surface area contributed by atoms with E-state index in [0.717, 1.165) is 31.9 Å². The molecule has 2 N–H and O–H groups in total. The predicted octanol–water partition coefficient (Wildman–Crippen LogP) is 2.39. The number of anilines is 2. The minimum atomic E-state index is 0.0245. The number of hydrogen-bond acceptors (Lipinski definition) is 4. The summed E-state index contributed by atoms with van der Waals surface area (Å²) in [5.74, 6) is 0.0245. The van der Waals surface area contributed by atoms with Gasteiger partial charge in [0.05, 0.1) is 0 Å². The van der Waals surface area contributed by atoms with Gasteiger partial charge in [-0.3, -0.25) is 9.69 Å². The van der Waals surface area contributed by atoms with E-state index >= 15 is 0 Å². The summed E-state index contributed by atoms with van der Waals surface area (Å²) < 4.78 is 0. The Kier molecular flexibility index (Phi) is 4.65. The van der Waals surface area contributed by atoms with Crippen LogP contribution in [0.2, 0.25) is 0 Å². The van der Waals surface area contributed by atoms with Crippen molar-refractivity contribution in [2.24, 2.45) is 0 Å². The Bertz CT molecular complexity index is 483. The molecule has 0 amide bonds. The highest BCUT2D eigenvalue weighted by atomic mass is 16.1. The first-order chi connectivity index (χ1) is 9.56. The molecule has 1 unspecified atom stereocenters.